The number of nitrogens with zero attached hydrogens (tertiary/aromatic N) is 2. The number of methoxy groups -OCH3 is 4. The summed E-state index contributed by atoms with van der Waals surface area (Å²) >= 11 is 12.9. The first-order valence-corrected chi connectivity index (χ1v) is 16.0. The molecule has 11 nitrogen and oxygen atoms in total. The van der Waals surface area contributed by atoms with Gasteiger partial charge in [0, 0.05) is 40.3 Å². The number of hydrogen-bond acceptors (Lipinski definition) is 8. The van der Waals surface area contributed by atoms with Crippen LogP contribution in [-0.4, -0.2) is 72.2 Å². The lowest BCUT2D eigenvalue weighted by atomic mass is 10.1. The van der Waals surface area contributed by atoms with Crippen LogP contribution in [0.2, 0.25) is 10.0 Å². The van der Waals surface area contributed by atoms with Gasteiger partial charge in [0.05, 0.1) is 39.0 Å². The van der Waals surface area contributed by atoms with Gasteiger partial charge in [-0.1, -0.05) is 29.3 Å². The number of sulfonamides is 1. The van der Waals surface area contributed by atoms with Crippen molar-refractivity contribution in [1.82, 2.24) is 10.2 Å². The Kier molecular flexibility index (Phi) is 12.2. The number of amides is 2. The summed E-state index contributed by atoms with van der Waals surface area (Å²) in [6, 6.07) is 12.2. The maximum atomic E-state index is 14.4. The van der Waals surface area contributed by atoms with Crippen molar-refractivity contribution in [1.29, 1.82) is 0 Å². The number of carbonyl (C=O) groups is 2. The Morgan fingerprint density at radius 2 is 1.42 bits per heavy atom. The van der Waals surface area contributed by atoms with Gasteiger partial charge < -0.3 is 29.2 Å². The fourth-order valence-corrected chi connectivity index (χ4v) is 6.40. The van der Waals surface area contributed by atoms with Crippen LogP contribution >= 0.6 is 23.2 Å². The van der Waals surface area contributed by atoms with E-state index in [2.05, 4.69) is 5.32 Å². The van der Waals surface area contributed by atoms with Crippen LogP contribution in [0.4, 0.5) is 5.69 Å². The van der Waals surface area contributed by atoms with Crippen molar-refractivity contribution < 1.29 is 37.0 Å². The Morgan fingerprint density at radius 1 is 0.822 bits per heavy atom. The van der Waals surface area contributed by atoms with Gasteiger partial charge in [0.2, 0.25) is 11.8 Å². The largest absolute Gasteiger partial charge is 0.497 e. The Hall–Kier alpha value is -3.87. The van der Waals surface area contributed by atoms with Gasteiger partial charge in [0.25, 0.3) is 10.0 Å². The Bertz CT molecular complexity index is 1610. The molecule has 14 heteroatoms. The highest BCUT2D eigenvalue weighted by Crippen LogP contribution is 2.38. The minimum atomic E-state index is -4.49. The number of hydrogen-bond donors (Lipinski definition) is 1. The average molecular weight is 683 g/mol. The summed E-state index contributed by atoms with van der Waals surface area (Å²) in [4.78, 5) is 28.5. The number of carbonyl (C=O) groups excluding carboxylic acids is 2. The molecule has 1 N–H and O–H groups in total. The number of ether oxygens (including phenoxy) is 4. The molecule has 45 heavy (non-hydrogen) atoms. The Labute approximate surface area is 274 Å². The second-order valence-electron chi connectivity index (χ2n) is 10.1. The van der Waals surface area contributed by atoms with E-state index < -0.39 is 34.4 Å². The monoisotopic (exact) mass is 681 g/mol. The van der Waals surface area contributed by atoms with Crippen molar-refractivity contribution in [3.63, 3.8) is 0 Å². The third-order valence-corrected chi connectivity index (χ3v) is 9.33. The number of benzene rings is 3. The first-order valence-electron chi connectivity index (χ1n) is 13.8. The SMILES string of the molecule is COc1ccc(OC)c(N(CC(=O)N(Cc2c(Cl)cccc2Cl)[C@H](C)C(=O)NC(C)C)S(=O)(=O)c2ccc(OC)c(OC)c2)c1. The molecule has 0 spiro atoms. The van der Waals surface area contributed by atoms with Crippen LogP contribution in [-0.2, 0) is 26.2 Å². The molecular weight excluding hydrogens is 645 g/mol. The van der Waals surface area contributed by atoms with Crippen LogP contribution in [0.3, 0.4) is 0 Å². The number of anilines is 1. The van der Waals surface area contributed by atoms with E-state index in [9.17, 15) is 18.0 Å². The molecule has 0 aliphatic rings. The number of halogens is 2. The minimum absolute atomic E-state index is 0.0231. The smallest absolute Gasteiger partial charge is 0.265 e. The second kappa shape index (κ2) is 15.4. The van der Waals surface area contributed by atoms with Crippen LogP contribution in [0.25, 0.3) is 0 Å². The van der Waals surface area contributed by atoms with Crippen molar-refractivity contribution in [2.45, 2.75) is 44.3 Å². The fraction of sp³-hybridized carbons (Fsp3) is 0.355. The predicted molar refractivity (Wildman–Crippen MR) is 173 cm³/mol. The summed E-state index contributed by atoms with van der Waals surface area (Å²) in [5, 5.41) is 3.36. The zero-order valence-electron chi connectivity index (χ0n) is 26.1. The minimum Gasteiger partial charge on any atom is -0.497 e. The van der Waals surface area contributed by atoms with E-state index in [0.29, 0.717) is 17.1 Å². The normalized spacial score (nSPS) is 11.9. The van der Waals surface area contributed by atoms with E-state index in [-0.39, 0.29) is 44.7 Å². The molecule has 244 valence electrons. The second-order valence-corrected chi connectivity index (χ2v) is 12.8. The molecule has 0 bridgehead atoms. The lowest BCUT2D eigenvalue weighted by Crippen LogP contribution is -2.52. The molecule has 0 saturated carbocycles. The van der Waals surface area contributed by atoms with Crippen LogP contribution in [0.1, 0.15) is 26.3 Å². The van der Waals surface area contributed by atoms with Gasteiger partial charge in [-0.15, -0.1) is 0 Å². The van der Waals surface area contributed by atoms with Gasteiger partial charge in [-0.2, -0.15) is 0 Å². The first-order chi connectivity index (χ1) is 21.3. The quantitative estimate of drug-likeness (QED) is 0.247. The van der Waals surface area contributed by atoms with E-state index >= 15 is 0 Å². The van der Waals surface area contributed by atoms with Crippen LogP contribution in [0.5, 0.6) is 23.0 Å². The topological polar surface area (TPSA) is 124 Å². The first kappa shape index (κ1) is 35.6. The Morgan fingerprint density at radius 3 is 1.98 bits per heavy atom. The van der Waals surface area contributed by atoms with Gasteiger partial charge in [0.15, 0.2) is 11.5 Å². The third kappa shape index (κ3) is 8.24. The summed E-state index contributed by atoms with van der Waals surface area (Å²) in [7, 11) is 1.11. The van der Waals surface area contributed by atoms with Crippen molar-refractivity contribution in [3.8, 4) is 23.0 Å². The van der Waals surface area contributed by atoms with Gasteiger partial charge in [-0.3, -0.25) is 13.9 Å². The van der Waals surface area contributed by atoms with Crippen LogP contribution in [0.15, 0.2) is 59.5 Å². The highest BCUT2D eigenvalue weighted by atomic mass is 35.5. The molecule has 3 aromatic carbocycles. The van der Waals surface area contributed by atoms with E-state index in [1.54, 1.807) is 45.0 Å². The summed E-state index contributed by atoms with van der Waals surface area (Å²) < 4.78 is 51.1. The number of rotatable bonds is 14. The molecule has 1 atom stereocenters. The molecule has 0 aliphatic heterocycles. The van der Waals surface area contributed by atoms with Gasteiger partial charge in [0.1, 0.15) is 24.1 Å². The van der Waals surface area contributed by atoms with Crippen molar-refractivity contribution in [3.05, 3.63) is 70.2 Å². The molecule has 3 rings (SSSR count). The molecule has 0 radical (unpaired) electrons. The van der Waals surface area contributed by atoms with Crippen molar-refractivity contribution in [2.24, 2.45) is 0 Å². The fourth-order valence-electron chi connectivity index (χ4n) is 4.45. The lowest BCUT2D eigenvalue weighted by molar-refractivity contribution is -0.139. The van der Waals surface area contributed by atoms with E-state index in [0.717, 1.165) is 4.31 Å². The Balaban J connectivity index is 2.21. The van der Waals surface area contributed by atoms with E-state index in [4.69, 9.17) is 42.1 Å². The maximum Gasteiger partial charge on any atom is 0.265 e. The standard InChI is InChI=1S/C31H37Cl2N3O8S/c1-19(2)34-31(38)20(3)35(17-23-24(32)9-8-10-25(23)33)30(37)18-36(26-15-21(41-4)11-13-27(26)42-5)45(39,40)22-12-14-28(43-6)29(16-22)44-7/h8-16,19-20H,17-18H2,1-7H3,(H,34,38)/t20-/m1/s1. The molecule has 0 saturated heterocycles. The highest BCUT2D eigenvalue weighted by Gasteiger charge is 2.35. The van der Waals surface area contributed by atoms with Gasteiger partial charge >= 0.3 is 0 Å². The molecule has 0 aliphatic carbocycles. The molecule has 0 aromatic heterocycles. The predicted octanol–water partition coefficient (Wildman–Crippen LogP) is 5.17. The molecule has 0 fully saturated rings. The third-order valence-electron chi connectivity index (χ3n) is 6.86. The molecule has 3 aromatic rings. The van der Waals surface area contributed by atoms with Crippen LogP contribution in [0, 0.1) is 0 Å². The summed E-state index contributed by atoms with van der Waals surface area (Å²) in [6.07, 6.45) is 0. The average Bonchev–Trinajstić information content (AvgIpc) is 3.01. The molecule has 0 unspecified atom stereocenters. The van der Waals surface area contributed by atoms with E-state index in [1.807, 2.05) is 0 Å². The van der Waals surface area contributed by atoms with Crippen LogP contribution < -0.4 is 28.6 Å². The maximum absolute atomic E-state index is 14.4. The summed E-state index contributed by atoms with van der Waals surface area (Å²) in [6.45, 7) is 4.20. The summed E-state index contributed by atoms with van der Waals surface area (Å²) in [5.41, 5.74) is 0.418. The van der Waals surface area contributed by atoms with E-state index in [1.165, 1.54) is 63.7 Å². The lowest BCUT2D eigenvalue weighted by Gasteiger charge is -2.33. The summed E-state index contributed by atoms with van der Waals surface area (Å²) in [5.74, 6) is -0.225. The number of nitrogens with one attached hydrogen (secondary N) is 1. The van der Waals surface area contributed by atoms with Crippen molar-refractivity contribution >= 4 is 50.7 Å². The molecule has 2 amide bonds. The van der Waals surface area contributed by atoms with Crippen molar-refractivity contribution in [2.75, 3.05) is 39.3 Å². The zero-order valence-corrected chi connectivity index (χ0v) is 28.4. The highest BCUT2D eigenvalue weighted by molar-refractivity contribution is 7.92. The van der Waals surface area contributed by atoms with Gasteiger partial charge in [-0.25, -0.2) is 8.42 Å². The molecular formula is C31H37Cl2N3O8S. The zero-order chi connectivity index (χ0) is 33.5. The van der Waals surface area contributed by atoms with Gasteiger partial charge in [-0.05, 0) is 57.2 Å². The molecule has 0 heterocycles.